The van der Waals surface area contributed by atoms with Gasteiger partial charge in [-0.25, -0.2) is 17.5 Å². The first-order chi connectivity index (χ1) is 8.84. The number of sulfonamides is 1. The summed E-state index contributed by atoms with van der Waals surface area (Å²) in [4.78, 5) is 10.9. The zero-order valence-corrected chi connectivity index (χ0v) is 11.6. The predicted molar refractivity (Wildman–Crippen MR) is 72.1 cm³/mol. The Balaban J connectivity index is 2.75. The van der Waals surface area contributed by atoms with Crippen LogP contribution < -0.4 is 4.72 Å². The number of benzene rings is 1. The lowest BCUT2D eigenvalue weighted by atomic mass is 10.2. The normalized spacial score (nSPS) is 13.2. The van der Waals surface area contributed by atoms with Crippen LogP contribution in [-0.2, 0) is 20.6 Å². The molecule has 1 atom stereocenters. The molecule has 0 fully saturated rings. The highest BCUT2D eigenvalue weighted by Crippen LogP contribution is 2.08. The van der Waals surface area contributed by atoms with Gasteiger partial charge in [-0.15, -0.1) is 0 Å². The Morgan fingerprint density at radius 3 is 2.42 bits per heavy atom. The van der Waals surface area contributed by atoms with Gasteiger partial charge in [0.05, 0.1) is 5.75 Å². The molecular weight excluding hydrogens is 293 g/mol. The second kappa shape index (κ2) is 6.88. The van der Waals surface area contributed by atoms with Crippen molar-refractivity contribution in [2.75, 3.05) is 5.75 Å². The van der Waals surface area contributed by atoms with E-state index in [0.29, 0.717) is 5.56 Å². The van der Waals surface area contributed by atoms with E-state index in [1.54, 1.807) is 0 Å². The molecule has 1 aromatic rings. The number of thiol groups is 1. The van der Waals surface area contributed by atoms with Gasteiger partial charge < -0.3 is 5.11 Å². The Hall–Kier alpha value is -1.12. The van der Waals surface area contributed by atoms with E-state index < -0.39 is 33.6 Å². The lowest BCUT2D eigenvalue weighted by Gasteiger charge is -2.13. The molecule has 0 heterocycles. The van der Waals surface area contributed by atoms with Gasteiger partial charge in [0, 0.05) is 0 Å². The topological polar surface area (TPSA) is 83.5 Å². The lowest BCUT2D eigenvalue weighted by Crippen LogP contribution is -2.41. The van der Waals surface area contributed by atoms with Crippen molar-refractivity contribution in [2.24, 2.45) is 0 Å². The first-order valence-electron chi connectivity index (χ1n) is 5.42. The molecule has 0 aromatic heterocycles. The van der Waals surface area contributed by atoms with E-state index in [-0.39, 0.29) is 12.2 Å². The van der Waals surface area contributed by atoms with Gasteiger partial charge in [0.25, 0.3) is 0 Å². The van der Waals surface area contributed by atoms with Crippen LogP contribution in [0.15, 0.2) is 24.3 Å². The van der Waals surface area contributed by atoms with Crippen molar-refractivity contribution < 1.29 is 22.7 Å². The van der Waals surface area contributed by atoms with E-state index in [0.717, 1.165) is 12.1 Å². The lowest BCUT2D eigenvalue weighted by molar-refractivity contribution is -0.139. The fourth-order valence-electron chi connectivity index (χ4n) is 1.42. The number of nitrogens with one attached hydrogen (secondary N) is 1. The molecule has 5 nitrogen and oxygen atoms in total. The molecule has 0 aliphatic heterocycles. The summed E-state index contributed by atoms with van der Waals surface area (Å²) >= 11 is 3.87. The van der Waals surface area contributed by atoms with Crippen molar-refractivity contribution in [3.05, 3.63) is 35.6 Å². The first-order valence-corrected chi connectivity index (χ1v) is 7.70. The average molecular weight is 307 g/mol. The van der Waals surface area contributed by atoms with Gasteiger partial charge in [0.1, 0.15) is 11.9 Å². The van der Waals surface area contributed by atoms with Crippen molar-refractivity contribution in [3.63, 3.8) is 0 Å². The summed E-state index contributed by atoms with van der Waals surface area (Å²) in [6.45, 7) is 0. The minimum absolute atomic E-state index is 0.0844. The molecule has 0 aliphatic carbocycles. The molecule has 0 aliphatic rings. The second-order valence-electron chi connectivity index (χ2n) is 3.91. The average Bonchev–Trinajstić information content (AvgIpc) is 2.31. The highest BCUT2D eigenvalue weighted by Gasteiger charge is 2.23. The van der Waals surface area contributed by atoms with Crippen molar-refractivity contribution in [1.29, 1.82) is 0 Å². The Bertz CT molecular complexity index is 530. The molecule has 0 spiro atoms. The van der Waals surface area contributed by atoms with Crippen molar-refractivity contribution in [3.8, 4) is 0 Å². The standard InChI is InChI=1S/C11H14FNO4S2/c12-9-3-1-8(2-4-9)7-19(16,17)13-10(5-6-18)11(14)15/h1-4,10,13,18H,5-7H2,(H,14,15). The molecule has 0 saturated carbocycles. The Labute approximate surface area is 116 Å². The minimum Gasteiger partial charge on any atom is -0.480 e. The maximum Gasteiger partial charge on any atom is 0.321 e. The van der Waals surface area contributed by atoms with E-state index >= 15 is 0 Å². The van der Waals surface area contributed by atoms with Gasteiger partial charge in [-0.3, -0.25) is 4.79 Å². The van der Waals surface area contributed by atoms with Crippen LogP contribution in [0, 0.1) is 5.82 Å². The van der Waals surface area contributed by atoms with Crippen molar-refractivity contribution in [1.82, 2.24) is 4.72 Å². The largest absolute Gasteiger partial charge is 0.480 e. The number of carboxylic acids is 1. The molecule has 2 N–H and O–H groups in total. The predicted octanol–water partition coefficient (Wildman–Crippen LogP) is 1.02. The smallest absolute Gasteiger partial charge is 0.321 e. The van der Waals surface area contributed by atoms with E-state index in [1.165, 1.54) is 12.1 Å². The summed E-state index contributed by atoms with van der Waals surface area (Å²) < 4.78 is 38.3. The Morgan fingerprint density at radius 2 is 1.95 bits per heavy atom. The monoisotopic (exact) mass is 307 g/mol. The van der Waals surface area contributed by atoms with Gasteiger partial charge in [0.2, 0.25) is 10.0 Å². The van der Waals surface area contributed by atoms with Crippen molar-refractivity contribution in [2.45, 2.75) is 18.2 Å². The number of carbonyl (C=O) groups is 1. The van der Waals surface area contributed by atoms with Crippen LogP contribution in [0.3, 0.4) is 0 Å². The van der Waals surface area contributed by atoms with Crippen LogP contribution in [0.5, 0.6) is 0 Å². The molecular formula is C11H14FNO4S2. The van der Waals surface area contributed by atoms with Gasteiger partial charge in [-0.1, -0.05) is 12.1 Å². The summed E-state index contributed by atoms with van der Waals surface area (Å²) in [5.41, 5.74) is 0.379. The zero-order valence-electron chi connectivity index (χ0n) is 9.91. The van der Waals surface area contributed by atoms with Crippen LogP contribution in [0.4, 0.5) is 4.39 Å². The van der Waals surface area contributed by atoms with Gasteiger partial charge in [-0.05, 0) is 29.9 Å². The summed E-state index contributed by atoms with van der Waals surface area (Å²) in [5.74, 6) is -1.87. The molecule has 1 rings (SSSR count). The third-order valence-corrected chi connectivity index (χ3v) is 3.92. The Morgan fingerprint density at radius 1 is 1.37 bits per heavy atom. The summed E-state index contributed by atoms with van der Waals surface area (Å²) in [7, 11) is -3.80. The summed E-state index contributed by atoms with van der Waals surface area (Å²) in [6.07, 6.45) is 0.0844. The third-order valence-electron chi connectivity index (χ3n) is 2.31. The number of hydrogen-bond acceptors (Lipinski definition) is 4. The van der Waals surface area contributed by atoms with E-state index in [2.05, 4.69) is 17.4 Å². The highest BCUT2D eigenvalue weighted by molar-refractivity contribution is 7.88. The van der Waals surface area contributed by atoms with Crippen LogP contribution >= 0.6 is 12.6 Å². The number of aliphatic carboxylic acids is 1. The SMILES string of the molecule is O=C(O)C(CCS)NS(=O)(=O)Cc1ccc(F)cc1. The summed E-state index contributed by atoms with van der Waals surface area (Å²) in [5, 5.41) is 8.86. The molecule has 0 bridgehead atoms. The third kappa shape index (κ3) is 5.58. The zero-order chi connectivity index (χ0) is 14.5. The molecule has 0 radical (unpaired) electrons. The van der Waals surface area contributed by atoms with Crippen LogP contribution in [0.2, 0.25) is 0 Å². The van der Waals surface area contributed by atoms with E-state index in [4.69, 9.17) is 5.11 Å². The van der Waals surface area contributed by atoms with Crippen LogP contribution in [0.1, 0.15) is 12.0 Å². The maximum absolute atomic E-state index is 12.7. The van der Waals surface area contributed by atoms with E-state index in [1.807, 2.05) is 0 Å². The Kier molecular flexibility index (Phi) is 5.77. The second-order valence-corrected chi connectivity index (χ2v) is 6.11. The molecule has 1 aromatic carbocycles. The quantitative estimate of drug-likeness (QED) is 0.657. The summed E-state index contributed by atoms with van der Waals surface area (Å²) in [6, 6.07) is 3.76. The van der Waals surface area contributed by atoms with Crippen LogP contribution in [-0.4, -0.2) is 31.3 Å². The molecule has 106 valence electrons. The van der Waals surface area contributed by atoms with Gasteiger partial charge >= 0.3 is 5.97 Å². The van der Waals surface area contributed by atoms with Crippen LogP contribution in [0.25, 0.3) is 0 Å². The number of rotatable bonds is 7. The fourth-order valence-corrected chi connectivity index (χ4v) is 3.05. The molecule has 0 amide bonds. The van der Waals surface area contributed by atoms with E-state index in [9.17, 15) is 17.6 Å². The molecule has 8 heteroatoms. The van der Waals surface area contributed by atoms with Crippen molar-refractivity contribution >= 4 is 28.6 Å². The first kappa shape index (κ1) is 15.9. The number of carboxylic acid groups (broad SMARTS) is 1. The van der Waals surface area contributed by atoms with Gasteiger partial charge in [-0.2, -0.15) is 12.6 Å². The minimum atomic E-state index is -3.80. The maximum atomic E-state index is 12.7. The van der Waals surface area contributed by atoms with Gasteiger partial charge in [0.15, 0.2) is 0 Å². The number of halogens is 1. The molecule has 1 unspecified atom stereocenters. The molecule has 0 saturated heterocycles. The molecule has 19 heavy (non-hydrogen) atoms. The fraction of sp³-hybridized carbons (Fsp3) is 0.364. The highest BCUT2D eigenvalue weighted by atomic mass is 32.2. The number of hydrogen-bond donors (Lipinski definition) is 3.